The minimum atomic E-state index is -0.146. The lowest BCUT2D eigenvalue weighted by Crippen LogP contribution is -2.39. The van der Waals surface area contributed by atoms with Gasteiger partial charge >= 0.3 is 0 Å². The lowest BCUT2D eigenvalue weighted by Gasteiger charge is -2.22. The summed E-state index contributed by atoms with van der Waals surface area (Å²) in [5.41, 5.74) is 0.504. The summed E-state index contributed by atoms with van der Waals surface area (Å²) >= 11 is 0. The molecule has 0 fully saturated rings. The molecule has 104 valence electrons. The maximum atomic E-state index is 11.9. The second-order valence-corrected chi connectivity index (χ2v) is 5.69. The Kier molecular flexibility index (Phi) is 7.56. The van der Waals surface area contributed by atoms with E-state index in [1.54, 1.807) is 7.05 Å². The fourth-order valence-electron chi connectivity index (χ4n) is 1.65. The number of nitrogens with one attached hydrogen (secondary N) is 1. The number of unbranched alkanes of at least 4 members (excludes halogenated alkanes) is 3. The van der Waals surface area contributed by atoms with Gasteiger partial charge in [-0.1, -0.05) is 53.5 Å². The van der Waals surface area contributed by atoms with Crippen molar-refractivity contribution in [1.29, 1.82) is 0 Å². The van der Waals surface area contributed by atoms with E-state index in [4.69, 9.17) is 0 Å². The van der Waals surface area contributed by atoms with E-state index in [2.05, 4.69) is 23.8 Å². The molecule has 3 nitrogen and oxygen atoms in total. The van der Waals surface area contributed by atoms with Crippen molar-refractivity contribution in [3.63, 3.8) is 0 Å². The quantitative estimate of drug-likeness (QED) is 0.333. The van der Waals surface area contributed by atoms with Crippen molar-refractivity contribution in [2.24, 2.45) is 10.4 Å². The molecule has 0 unspecified atom stereocenters. The highest BCUT2D eigenvalue weighted by Crippen LogP contribution is 2.15. The molecule has 0 spiro atoms. The van der Waals surface area contributed by atoms with Crippen molar-refractivity contribution in [1.82, 2.24) is 5.32 Å². The molecule has 0 saturated carbocycles. The van der Waals surface area contributed by atoms with Crippen LogP contribution < -0.4 is 5.32 Å². The second-order valence-electron chi connectivity index (χ2n) is 5.69. The van der Waals surface area contributed by atoms with Gasteiger partial charge in [-0.2, -0.15) is 0 Å². The monoisotopic (exact) mass is 252 g/mol. The van der Waals surface area contributed by atoms with Crippen LogP contribution in [0.2, 0.25) is 0 Å². The van der Waals surface area contributed by atoms with Crippen LogP contribution in [-0.2, 0) is 4.79 Å². The van der Waals surface area contributed by atoms with Gasteiger partial charge in [0.1, 0.15) is 5.84 Å². The third kappa shape index (κ3) is 6.58. The van der Waals surface area contributed by atoms with E-state index < -0.39 is 0 Å². The lowest BCUT2D eigenvalue weighted by atomic mass is 9.94. The highest BCUT2D eigenvalue weighted by Gasteiger charge is 2.21. The summed E-state index contributed by atoms with van der Waals surface area (Å²) in [5, 5.41) is 2.86. The number of aliphatic imine (C=N–C) groups is 1. The Hall–Kier alpha value is -1.12. The van der Waals surface area contributed by atoms with Crippen molar-refractivity contribution < 1.29 is 4.79 Å². The summed E-state index contributed by atoms with van der Waals surface area (Å²) in [6.45, 7) is 12.1. The topological polar surface area (TPSA) is 41.5 Å². The van der Waals surface area contributed by atoms with Crippen LogP contribution in [0.25, 0.3) is 0 Å². The SMILES string of the molecule is C=C(CCCCCC)C(=O)NC(=NC)C(C)(C)C. The summed E-state index contributed by atoms with van der Waals surface area (Å²) in [4.78, 5) is 16.1. The molecule has 1 N–H and O–H groups in total. The predicted octanol–water partition coefficient (Wildman–Crippen LogP) is 3.70. The normalized spacial score (nSPS) is 12.4. The summed E-state index contributed by atoms with van der Waals surface area (Å²) in [5.74, 6) is 0.615. The summed E-state index contributed by atoms with van der Waals surface area (Å²) in [7, 11) is 1.70. The summed E-state index contributed by atoms with van der Waals surface area (Å²) in [6, 6.07) is 0. The van der Waals surface area contributed by atoms with Crippen LogP contribution in [0, 0.1) is 5.41 Å². The molecule has 0 aromatic heterocycles. The molecule has 0 aromatic carbocycles. The van der Waals surface area contributed by atoms with Crippen molar-refractivity contribution >= 4 is 11.7 Å². The first-order chi connectivity index (χ1) is 8.32. The molecular weight excluding hydrogens is 224 g/mol. The number of carbonyl (C=O) groups is 1. The van der Waals surface area contributed by atoms with Gasteiger partial charge in [0, 0.05) is 18.0 Å². The van der Waals surface area contributed by atoms with Gasteiger partial charge in [-0.15, -0.1) is 0 Å². The smallest absolute Gasteiger partial charge is 0.251 e. The first-order valence-corrected chi connectivity index (χ1v) is 6.79. The highest BCUT2D eigenvalue weighted by molar-refractivity contribution is 6.07. The lowest BCUT2D eigenvalue weighted by molar-refractivity contribution is -0.116. The number of carbonyl (C=O) groups excluding carboxylic acids is 1. The molecule has 0 aliphatic carbocycles. The first kappa shape index (κ1) is 16.9. The molecule has 1 amide bonds. The van der Waals surface area contributed by atoms with Gasteiger partial charge in [-0.25, -0.2) is 0 Å². The Morgan fingerprint density at radius 1 is 1.22 bits per heavy atom. The van der Waals surface area contributed by atoms with Crippen LogP contribution in [0.15, 0.2) is 17.1 Å². The zero-order valence-corrected chi connectivity index (χ0v) is 12.6. The molecule has 0 saturated heterocycles. The van der Waals surface area contributed by atoms with Gasteiger partial charge in [0.25, 0.3) is 5.91 Å². The molecule has 0 aliphatic rings. The van der Waals surface area contributed by atoms with Crippen LogP contribution in [0.4, 0.5) is 0 Å². The van der Waals surface area contributed by atoms with Gasteiger partial charge in [-0.05, 0) is 12.8 Å². The van der Waals surface area contributed by atoms with E-state index in [1.165, 1.54) is 12.8 Å². The third-order valence-corrected chi connectivity index (χ3v) is 2.82. The largest absolute Gasteiger partial charge is 0.310 e. The van der Waals surface area contributed by atoms with Crippen molar-refractivity contribution in [2.75, 3.05) is 7.05 Å². The molecule has 0 bridgehead atoms. The third-order valence-electron chi connectivity index (χ3n) is 2.82. The van der Waals surface area contributed by atoms with Crippen LogP contribution >= 0.6 is 0 Å². The van der Waals surface area contributed by atoms with Gasteiger partial charge in [-0.3, -0.25) is 9.79 Å². The number of hydrogen-bond acceptors (Lipinski definition) is 2. The van der Waals surface area contributed by atoms with E-state index in [0.717, 1.165) is 19.3 Å². The molecule has 0 rings (SSSR count). The molecular formula is C15H28N2O. The van der Waals surface area contributed by atoms with Crippen LogP contribution in [0.5, 0.6) is 0 Å². The van der Waals surface area contributed by atoms with Crippen molar-refractivity contribution in [3.8, 4) is 0 Å². The van der Waals surface area contributed by atoms with E-state index >= 15 is 0 Å². The van der Waals surface area contributed by atoms with E-state index in [1.807, 2.05) is 20.8 Å². The van der Waals surface area contributed by atoms with E-state index in [9.17, 15) is 4.79 Å². The first-order valence-electron chi connectivity index (χ1n) is 6.79. The van der Waals surface area contributed by atoms with Gasteiger partial charge < -0.3 is 5.32 Å². The standard InChI is InChI=1S/C15H28N2O/c1-7-8-9-10-11-12(2)13(18)17-14(16-6)15(3,4)5/h2,7-11H2,1,3-6H3,(H,16,17,18). The Morgan fingerprint density at radius 2 is 1.83 bits per heavy atom. The maximum absolute atomic E-state index is 11.9. The Labute approximate surface area is 112 Å². The van der Waals surface area contributed by atoms with Gasteiger partial charge in [0.15, 0.2) is 0 Å². The zero-order valence-electron chi connectivity index (χ0n) is 12.6. The Balaban J connectivity index is 4.20. The van der Waals surface area contributed by atoms with Crippen molar-refractivity contribution in [2.45, 2.75) is 59.8 Å². The Bertz CT molecular complexity index is 311. The summed E-state index contributed by atoms with van der Waals surface area (Å²) < 4.78 is 0. The van der Waals surface area contributed by atoms with Crippen molar-refractivity contribution in [3.05, 3.63) is 12.2 Å². The van der Waals surface area contributed by atoms with Gasteiger partial charge in [0.2, 0.25) is 0 Å². The molecule has 0 aromatic rings. The molecule has 0 atom stereocenters. The fraction of sp³-hybridized carbons (Fsp3) is 0.733. The molecule has 0 heterocycles. The van der Waals surface area contributed by atoms with Crippen LogP contribution in [0.1, 0.15) is 59.8 Å². The maximum Gasteiger partial charge on any atom is 0.251 e. The molecule has 18 heavy (non-hydrogen) atoms. The van der Waals surface area contributed by atoms with E-state index in [0.29, 0.717) is 11.4 Å². The average molecular weight is 252 g/mol. The minimum Gasteiger partial charge on any atom is -0.310 e. The number of amides is 1. The number of hydrogen-bond donors (Lipinski definition) is 1. The van der Waals surface area contributed by atoms with E-state index in [-0.39, 0.29) is 11.3 Å². The average Bonchev–Trinajstić information content (AvgIpc) is 2.29. The zero-order chi connectivity index (χ0) is 14.2. The van der Waals surface area contributed by atoms with Crippen LogP contribution in [-0.4, -0.2) is 18.8 Å². The minimum absolute atomic E-state index is 0.0953. The summed E-state index contributed by atoms with van der Waals surface area (Å²) in [6.07, 6.45) is 5.39. The number of rotatable bonds is 6. The number of nitrogens with zero attached hydrogens (tertiary/aromatic N) is 1. The Morgan fingerprint density at radius 3 is 2.28 bits per heavy atom. The van der Waals surface area contributed by atoms with Crippen LogP contribution in [0.3, 0.4) is 0 Å². The number of amidine groups is 1. The van der Waals surface area contributed by atoms with Gasteiger partial charge in [0.05, 0.1) is 0 Å². The fourth-order valence-corrected chi connectivity index (χ4v) is 1.65. The molecule has 0 radical (unpaired) electrons. The predicted molar refractivity (Wildman–Crippen MR) is 78.9 cm³/mol. The molecule has 3 heteroatoms. The second kappa shape index (κ2) is 8.06. The highest BCUT2D eigenvalue weighted by atomic mass is 16.1. The molecule has 0 aliphatic heterocycles.